The summed E-state index contributed by atoms with van der Waals surface area (Å²) in [5, 5.41) is 0. The number of esters is 2. The molecule has 0 aliphatic rings. The lowest BCUT2D eigenvalue weighted by Crippen LogP contribution is -2.13. The number of hydrogen-bond donors (Lipinski definition) is 0. The summed E-state index contributed by atoms with van der Waals surface area (Å²) in [7, 11) is 0. The zero-order chi connectivity index (χ0) is 20.6. The van der Waals surface area contributed by atoms with E-state index in [1.165, 1.54) is 19.9 Å². The molecular formula is C21H22O6. The number of rotatable bonds is 8. The van der Waals surface area contributed by atoms with Crippen molar-refractivity contribution in [1.29, 1.82) is 0 Å². The Bertz CT molecular complexity index is 842. The first kappa shape index (κ1) is 21.6. The molecule has 1 rings (SSSR count). The van der Waals surface area contributed by atoms with Crippen molar-refractivity contribution < 1.29 is 28.6 Å². The van der Waals surface area contributed by atoms with Crippen molar-refractivity contribution in [3.8, 4) is 11.5 Å². The fourth-order valence-corrected chi connectivity index (χ4v) is 1.75. The normalized spacial score (nSPS) is 11.4. The van der Waals surface area contributed by atoms with Crippen LogP contribution in [0.1, 0.15) is 33.3 Å². The van der Waals surface area contributed by atoms with Crippen LogP contribution in [0.4, 0.5) is 0 Å². The molecule has 0 aliphatic carbocycles. The highest BCUT2D eigenvalue weighted by molar-refractivity contribution is 5.91. The van der Waals surface area contributed by atoms with E-state index in [0.717, 1.165) is 5.57 Å². The van der Waals surface area contributed by atoms with E-state index < -0.39 is 11.9 Å². The van der Waals surface area contributed by atoms with Crippen molar-refractivity contribution in [2.45, 2.75) is 27.7 Å². The van der Waals surface area contributed by atoms with Crippen LogP contribution in [-0.4, -0.2) is 18.4 Å². The molecule has 0 radical (unpaired) electrons. The van der Waals surface area contributed by atoms with Crippen molar-refractivity contribution in [2.24, 2.45) is 0 Å². The van der Waals surface area contributed by atoms with Gasteiger partial charge in [-0.3, -0.25) is 4.79 Å². The Labute approximate surface area is 158 Å². The Hall–Kier alpha value is -3.41. The van der Waals surface area contributed by atoms with Crippen LogP contribution in [0, 0.1) is 0 Å². The highest BCUT2D eigenvalue weighted by Crippen LogP contribution is 2.32. The first-order chi connectivity index (χ1) is 12.6. The van der Waals surface area contributed by atoms with Crippen molar-refractivity contribution in [1.82, 2.24) is 0 Å². The second-order valence-corrected chi connectivity index (χ2v) is 5.84. The number of allylic oxidation sites excluding steroid dienone is 4. The summed E-state index contributed by atoms with van der Waals surface area (Å²) in [6, 6.07) is 4.79. The molecule has 0 saturated carbocycles. The average molecular weight is 370 g/mol. The molecule has 27 heavy (non-hydrogen) atoms. The molecule has 142 valence electrons. The molecule has 0 aliphatic heterocycles. The minimum Gasteiger partial charge on any atom is -0.434 e. The SMILES string of the molecule is C=C(C)C(=O)Oc1ccc(/C(C)=C/C=C(\C)OC=O)cc1OC(=O)C(=C)C. The van der Waals surface area contributed by atoms with E-state index in [1.807, 2.05) is 6.92 Å². The smallest absolute Gasteiger partial charge is 0.338 e. The molecule has 0 aromatic heterocycles. The van der Waals surface area contributed by atoms with E-state index in [9.17, 15) is 14.4 Å². The molecule has 0 saturated heterocycles. The Morgan fingerprint density at radius 1 is 0.889 bits per heavy atom. The molecule has 0 spiro atoms. The predicted octanol–water partition coefficient (Wildman–Crippen LogP) is 4.13. The summed E-state index contributed by atoms with van der Waals surface area (Å²) in [4.78, 5) is 34.0. The molecule has 0 atom stereocenters. The Morgan fingerprint density at radius 2 is 1.44 bits per heavy atom. The monoisotopic (exact) mass is 370 g/mol. The lowest BCUT2D eigenvalue weighted by atomic mass is 10.1. The summed E-state index contributed by atoms with van der Waals surface area (Å²) in [5.74, 6) is -0.688. The standard InChI is InChI=1S/C21H22O6/c1-13(2)20(23)26-18-10-9-17(11-19(18)27-21(24)14(3)4)15(5)7-8-16(6)25-12-22/h7-12H,1,3H2,2,4-6H3/b15-7+,16-8+. The van der Waals surface area contributed by atoms with Crippen LogP contribution in [-0.2, 0) is 19.1 Å². The Kier molecular flexibility index (Phi) is 7.94. The summed E-state index contributed by atoms with van der Waals surface area (Å²) in [5.41, 5.74) is 1.93. The van der Waals surface area contributed by atoms with E-state index >= 15 is 0 Å². The second-order valence-electron chi connectivity index (χ2n) is 5.84. The number of benzene rings is 1. The molecule has 0 N–H and O–H groups in total. The summed E-state index contributed by atoms with van der Waals surface area (Å²) < 4.78 is 15.2. The van der Waals surface area contributed by atoms with Crippen LogP contribution in [0.2, 0.25) is 0 Å². The second kappa shape index (κ2) is 9.91. The first-order valence-electron chi connectivity index (χ1n) is 8.01. The molecule has 0 amide bonds. The quantitative estimate of drug-likeness (QED) is 0.171. The van der Waals surface area contributed by atoms with Gasteiger partial charge in [0.1, 0.15) is 5.76 Å². The third-order valence-corrected chi connectivity index (χ3v) is 3.30. The molecule has 0 fully saturated rings. The maximum Gasteiger partial charge on any atom is 0.338 e. The maximum atomic E-state index is 11.9. The third kappa shape index (κ3) is 6.78. The van der Waals surface area contributed by atoms with Crippen LogP contribution < -0.4 is 9.47 Å². The van der Waals surface area contributed by atoms with Gasteiger partial charge >= 0.3 is 11.9 Å². The first-order valence-corrected chi connectivity index (χ1v) is 8.01. The van der Waals surface area contributed by atoms with Gasteiger partial charge in [0.25, 0.3) is 6.47 Å². The largest absolute Gasteiger partial charge is 0.434 e. The molecular weight excluding hydrogens is 348 g/mol. The van der Waals surface area contributed by atoms with E-state index in [0.29, 0.717) is 17.8 Å². The Morgan fingerprint density at radius 3 is 1.96 bits per heavy atom. The van der Waals surface area contributed by atoms with Crippen LogP contribution in [0.3, 0.4) is 0 Å². The zero-order valence-electron chi connectivity index (χ0n) is 15.8. The van der Waals surface area contributed by atoms with Gasteiger partial charge in [-0.1, -0.05) is 25.3 Å². The number of carbonyl (C=O) groups is 3. The van der Waals surface area contributed by atoms with E-state index in [-0.39, 0.29) is 22.6 Å². The van der Waals surface area contributed by atoms with Gasteiger partial charge in [0.05, 0.1) is 0 Å². The summed E-state index contributed by atoms with van der Waals surface area (Å²) in [6.45, 7) is 13.9. The van der Waals surface area contributed by atoms with E-state index in [1.54, 1.807) is 31.2 Å². The summed E-state index contributed by atoms with van der Waals surface area (Å²) in [6.07, 6.45) is 3.36. The van der Waals surface area contributed by atoms with E-state index in [4.69, 9.17) is 14.2 Å². The lowest BCUT2D eigenvalue weighted by Gasteiger charge is -2.12. The highest BCUT2D eigenvalue weighted by atomic mass is 16.6. The van der Waals surface area contributed by atoms with Gasteiger partial charge in [-0.2, -0.15) is 0 Å². The molecule has 0 unspecified atom stereocenters. The fourth-order valence-electron chi connectivity index (χ4n) is 1.75. The minimum absolute atomic E-state index is 0.0766. The van der Waals surface area contributed by atoms with Gasteiger partial charge in [0.2, 0.25) is 0 Å². The molecule has 1 aromatic carbocycles. The molecule has 0 bridgehead atoms. The van der Waals surface area contributed by atoms with Gasteiger partial charge in [-0.15, -0.1) is 0 Å². The van der Waals surface area contributed by atoms with Gasteiger partial charge in [0.15, 0.2) is 11.5 Å². The van der Waals surface area contributed by atoms with Crippen molar-refractivity contribution in [3.05, 3.63) is 66.0 Å². The number of carbonyl (C=O) groups excluding carboxylic acids is 3. The van der Waals surface area contributed by atoms with E-state index in [2.05, 4.69) is 13.2 Å². The molecule has 0 heterocycles. The molecule has 6 nitrogen and oxygen atoms in total. The molecule has 6 heteroatoms. The van der Waals surface area contributed by atoms with Crippen LogP contribution >= 0.6 is 0 Å². The zero-order valence-corrected chi connectivity index (χ0v) is 15.8. The Balaban J connectivity index is 3.27. The number of hydrogen-bond acceptors (Lipinski definition) is 6. The predicted molar refractivity (Wildman–Crippen MR) is 102 cm³/mol. The maximum absolute atomic E-state index is 11.9. The third-order valence-electron chi connectivity index (χ3n) is 3.30. The van der Waals surface area contributed by atoms with Gasteiger partial charge in [-0.25, -0.2) is 9.59 Å². The van der Waals surface area contributed by atoms with Crippen molar-refractivity contribution in [2.75, 3.05) is 0 Å². The topological polar surface area (TPSA) is 78.9 Å². The average Bonchev–Trinajstić information content (AvgIpc) is 2.60. The van der Waals surface area contributed by atoms with Crippen molar-refractivity contribution >= 4 is 24.0 Å². The minimum atomic E-state index is -0.642. The van der Waals surface area contributed by atoms with Crippen LogP contribution in [0.25, 0.3) is 5.57 Å². The van der Waals surface area contributed by atoms with Gasteiger partial charge < -0.3 is 14.2 Å². The lowest BCUT2D eigenvalue weighted by molar-refractivity contribution is -0.132. The number of ether oxygens (including phenoxy) is 3. The molecule has 1 aromatic rings. The van der Waals surface area contributed by atoms with Crippen molar-refractivity contribution in [3.63, 3.8) is 0 Å². The highest BCUT2D eigenvalue weighted by Gasteiger charge is 2.16. The van der Waals surface area contributed by atoms with Gasteiger partial charge in [-0.05, 0) is 57.0 Å². The fraction of sp³-hybridized carbons (Fsp3) is 0.190. The van der Waals surface area contributed by atoms with Gasteiger partial charge in [0, 0.05) is 11.1 Å². The summed E-state index contributed by atoms with van der Waals surface area (Å²) >= 11 is 0. The van der Waals surface area contributed by atoms with Crippen LogP contribution in [0.15, 0.2) is 60.4 Å². The van der Waals surface area contributed by atoms with Crippen LogP contribution in [0.5, 0.6) is 11.5 Å².